The van der Waals surface area contributed by atoms with Gasteiger partial charge >= 0.3 is 39.1 Å². The fraction of sp³-hybridized carbons (Fsp3) is 0.318. The van der Waals surface area contributed by atoms with Crippen LogP contribution in [0.2, 0.25) is 0 Å². The average Bonchev–Trinajstić information content (AvgIpc) is 0.864. The van der Waals surface area contributed by atoms with Gasteiger partial charge in [0.2, 0.25) is 0 Å². The summed E-state index contributed by atoms with van der Waals surface area (Å²) in [5.74, 6) is 7.62. The van der Waals surface area contributed by atoms with Crippen molar-refractivity contribution >= 4 is 39.1 Å². The summed E-state index contributed by atoms with van der Waals surface area (Å²) in [5, 5.41) is 0. The molecule has 10 rings (SSSR count). The first-order valence-corrected chi connectivity index (χ1v) is 47.0. The summed E-state index contributed by atoms with van der Waals surface area (Å²) in [5.41, 5.74) is 2.37. The third-order valence-electron chi connectivity index (χ3n) is 15.9. The van der Waals surface area contributed by atoms with Crippen LogP contribution in [0.15, 0.2) is 243 Å². The van der Waals surface area contributed by atoms with E-state index in [9.17, 15) is 47.3 Å². The molecule has 0 aliphatic rings. The van der Waals surface area contributed by atoms with Gasteiger partial charge in [0.05, 0.1) is 53.9 Å². The summed E-state index contributed by atoms with van der Waals surface area (Å²) in [7, 11) is -18.3. The van der Waals surface area contributed by atoms with Gasteiger partial charge in [-0.15, -0.1) is 0 Å². The zero-order valence-corrected chi connectivity index (χ0v) is 74.2. The van der Waals surface area contributed by atoms with Crippen LogP contribution in [0.1, 0.15) is 131 Å². The molecule has 0 aliphatic carbocycles. The largest absolute Gasteiger partial charge is 0.584 e. The third kappa shape index (κ3) is 41.1. The van der Waals surface area contributed by atoms with E-state index in [0.717, 1.165) is 77.0 Å². The normalized spacial score (nSPS) is 11.0. The van der Waals surface area contributed by atoms with Crippen LogP contribution in [-0.2, 0) is 35.7 Å². The van der Waals surface area contributed by atoms with Crippen molar-refractivity contribution in [3.63, 3.8) is 0 Å². The van der Waals surface area contributed by atoms with Gasteiger partial charge in [-0.25, -0.2) is 22.8 Å². The summed E-state index contributed by atoms with van der Waals surface area (Å²) >= 11 is 0. The van der Waals surface area contributed by atoms with Crippen molar-refractivity contribution in [3.05, 3.63) is 254 Å². The minimum atomic E-state index is -4.30. The van der Waals surface area contributed by atoms with E-state index in [-0.39, 0.29) is 46.0 Å². The summed E-state index contributed by atoms with van der Waals surface area (Å²) < 4.78 is 154. The number of unbranched alkanes of at least 4 members (excludes halogenated alkanes) is 4. The summed E-state index contributed by atoms with van der Waals surface area (Å²) in [6.45, 7) is 19.8. The van der Waals surface area contributed by atoms with Gasteiger partial charge < -0.3 is 83.1 Å². The van der Waals surface area contributed by atoms with E-state index in [0.29, 0.717) is 97.1 Å². The zero-order valence-electron chi connectivity index (χ0n) is 69.7. The molecule has 0 fully saturated rings. The Balaban J connectivity index is 0.000000235. The molecule has 0 atom stereocenters. The van der Waals surface area contributed by atoms with Crippen LogP contribution in [0.5, 0.6) is 103 Å². The first-order valence-electron chi connectivity index (χ1n) is 39.5. The molecule has 0 aromatic heterocycles. The van der Waals surface area contributed by atoms with Crippen LogP contribution in [0.4, 0.5) is 0 Å². The maximum Gasteiger partial charge on any atom is 0.584 e. The summed E-state index contributed by atoms with van der Waals surface area (Å²) in [4.78, 5) is 49.3. The van der Waals surface area contributed by atoms with Gasteiger partial charge in [-0.1, -0.05) is 91.5 Å². The van der Waals surface area contributed by atoms with Gasteiger partial charge in [-0.3, -0.25) is 24.5 Å². The van der Waals surface area contributed by atoms with Crippen LogP contribution < -0.4 is 83.1 Å². The lowest BCUT2D eigenvalue weighted by Gasteiger charge is -2.14. The quantitative estimate of drug-likeness (QED) is 0.0175. The highest BCUT2D eigenvalue weighted by Crippen LogP contribution is 2.50. The molecule has 656 valence electrons. The van der Waals surface area contributed by atoms with Crippen molar-refractivity contribution in [2.24, 2.45) is 0 Å². The highest BCUT2D eigenvalue weighted by molar-refractivity contribution is 7.49. The van der Waals surface area contributed by atoms with E-state index in [1.807, 2.05) is 52.0 Å². The smallest absolute Gasteiger partial charge is 0.497 e. The van der Waals surface area contributed by atoms with Gasteiger partial charge in [0.1, 0.15) is 103 Å². The number of hydrogen-bond acceptors (Lipinski definition) is 23. The Labute approximate surface area is 709 Å². The molecule has 5 N–H and O–H groups in total. The Morgan fingerprint density at radius 2 is 0.355 bits per heavy atom. The predicted molar refractivity (Wildman–Crippen MR) is 465 cm³/mol. The van der Waals surface area contributed by atoms with Crippen molar-refractivity contribution in [2.45, 2.75) is 132 Å². The van der Waals surface area contributed by atoms with Crippen molar-refractivity contribution in [1.29, 1.82) is 0 Å². The standard InChI is InChI=1S/C20H27O6P.C20H27O4P.C18H23O6P.C16H19O6P.C14H15O6P/c1-3-5-15-23-17-7-11-19(12-8-17)25-27(21,22)26-20-13-9-18(10-14-20)24-16-6-4-2;1-3-5-7-17-9-13-19(14-10-17)23-25(21,22)24-20-15-11-18(12-16-20)8-6-4-2;1-3-13-21-15-5-9-17(10-6-15)23-25(19,20)24-18-11-7-16(8-12-18)22-14-4-2;1-3-19-13-5-9-15(10-6-13)21-23(17,18)22-16-11-7-14(8-12-16)20-4-2;1-17-11-3-7-13(8-4-11)19-21(15,16)20-14-9-5-12(18-2)6-10-14/h7-14H,3-6,15-16H2,1-2H3,(H,21,22);9-16H,3-8H2,1-2H3,(H,21,22);5-12H,3-4,13-14H2,1-2H3,(H,19,20);5-12H,3-4H2,1-2H3,(H,17,18);3-10H,1-2H3,(H,15,16). The number of aryl methyl sites for hydroxylation is 2. The maximum absolute atomic E-state index is 12.2. The molecule has 0 spiro atoms. The number of ether oxygens (including phenoxy) is 8. The second-order valence-corrected chi connectivity index (χ2v) is 32.4. The van der Waals surface area contributed by atoms with E-state index in [4.69, 9.17) is 83.1 Å². The number of rotatable bonds is 46. The van der Waals surface area contributed by atoms with Gasteiger partial charge in [-0.2, -0.15) is 0 Å². The average molecular weight is 1770 g/mol. The van der Waals surface area contributed by atoms with E-state index < -0.39 is 39.1 Å². The summed E-state index contributed by atoms with van der Waals surface area (Å²) in [6.07, 6.45) is 12.4. The fourth-order valence-electron chi connectivity index (χ4n) is 9.92. The van der Waals surface area contributed by atoms with E-state index in [2.05, 4.69) is 27.7 Å². The van der Waals surface area contributed by atoms with Crippen LogP contribution in [-0.4, -0.2) is 78.3 Å². The molecule has 33 heteroatoms. The molecule has 0 amide bonds. The highest BCUT2D eigenvalue weighted by atomic mass is 31.2. The van der Waals surface area contributed by atoms with Crippen molar-refractivity contribution < 1.29 is 130 Å². The number of benzene rings is 10. The Bertz CT molecular complexity index is 4360. The lowest BCUT2D eigenvalue weighted by molar-refractivity contribution is 0.287. The Kier molecular flexibility index (Phi) is 43.8. The molecule has 0 aliphatic heterocycles. The topological polar surface area (TPSA) is 353 Å². The first kappa shape index (κ1) is 99.4. The lowest BCUT2D eigenvalue weighted by atomic mass is 10.1. The monoisotopic (exact) mass is 1770 g/mol. The number of phosphoric acid groups is 5. The number of phosphoric ester groups is 5. The van der Waals surface area contributed by atoms with Crippen LogP contribution >= 0.6 is 39.1 Å². The van der Waals surface area contributed by atoms with Crippen molar-refractivity contribution in [3.8, 4) is 103 Å². The Morgan fingerprint density at radius 1 is 0.198 bits per heavy atom. The number of methoxy groups -OCH3 is 2. The Hall–Kier alpha value is -10.5. The third-order valence-corrected chi connectivity index (χ3v) is 20.3. The molecule has 28 nitrogen and oxygen atoms in total. The lowest BCUT2D eigenvalue weighted by Crippen LogP contribution is -2.01. The van der Waals surface area contributed by atoms with E-state index in [1.165, 1.54) is 73.9 Å². The van der Waals surface area contributed by atoms with E-state index >= 15 is 0 Å². The molecule has 10 aromatic carbocycles. The fourth-order valence-corrected chi connectivity index (χ4v) is 14.0. The maximum atomic E-state index is 12.2. The molecular formula is C88H111O28P5. The minimum Gasteiger partial charge on any atom is -0.497 e. The Morgan fingerprint density at radius 3 is 0.521 bits per heavy atom. The molecular weight excluding hydrogens is 1660 g/mol. The SMILES string of the molecule is CCCCOc1ccc(OP(=O)(O)Oc2ccc(OCCCC)cc2)cc1.CCCCc1ccc(OP(=O)(O)Oc2ccc(CCCC)cc2)cc1.CCCOc1ccc(OP(=O)(O)Oc2ccc(OCCC)cc2)cc1.CCOc1ccc(OP(=O)(O)Oc2ccc(OCC)cc2)cc1.COc1ccc(OP(=O)(O)Oc2ccc(OC)cc2)cc1. The molecule has 0 radical (unpaired) electrons. The molecule has 0 saturated heterocycles. The molecule has 0 bridgehead atoms. The van der Waals surface area contributed by atoms with Gasteiger partial charge in [-0.05, 0) is 295 Å². The van der Waals surface area contributed by atoms with Crippen LogP contribution in [0.25, 0.3) is 0 Å². The first-order chi connectivity index (χ1) is 58.1. The van der Waals surface area contributed by atoms with Gasteiger partial charge in [0, 0.05) is 0 Å². The van der Waals surface area contributed by atoms with Gasteiger partial charge in [0.25, 0.3) is 0 Å². The van der Waals surface area contributed by atoms with Crippen molar-refractivity contribution in [2.75, 3.05) is 53.9 Å². The molecule has 10 aromatic rings. The van der Waals surface area contributed by atoms with Crippen LogP contribution in [0.3, 0.4) is 0 Å². The van der Waals surface area contributed by atoms with Crippen molar-refractivity contribution in [1.82, 2.24) is 0 Å². The second kappa shape index (κ2) is 53.3. The molecule has 0 unspecified atom stereocenters. The minimum absolute atomic E-state index is 0.204. The number of hydrogen-bond donors (Lipinski definition) is 5. The second-order valence-electron chi connectivity index (χ2n) is 25.9. The van der Waals surface area contributed by atoms with Crippen LogP contribution in [0, 0.1) is 0 Å². The highest BCUT2D eigenvalue weighted by Gasteiger charge is 2.30. The summed E-state index contributed by atoms with van der Waals surface area (Å²) in [6, 6.07) is 65.6. The van der Waals surface area contributed by atoms with E-state index in [1.54, 1.807) is 170 Å². The predicted octanol–water partition coefficient (Wildman–Crippen LogP) is 23.7. The molecule has 0 saturated carbocycles. The molecule has 0 heterocycles. The van der Waals surface area contributed by atoms with Gasteiger partial charge in [0.15, 0.2) is 0 Å². The molecule has 121 heavy (non-hydrogen) atoms. The zero-order chi connectivity index (χ0) is 87.8.